The maximum absolute atomic E-state index is 4.68. The van der Waals surface area contributed by atoms with E-state index in [4.69, 9.17) is 0 Å². The summed E-state index contributed by atoms with van der Waals surface area (Å²) in [6, 6.07) is 10.8. The molecule has 0 unspecified atom stereocenters. The second-order valence-electron chi connectivity index (χ2n) is 5.91. The Kier molecular flexibility index (Phi) is 11.6. The average Bonchev–Trinajstić information content (AvgIpc) is 3.16. The minimum Gasteiger partial charge on any atom is -0.357 e. The lowest BCUT2D eigenvalue weighted by molar-refractivity contribution is 0.295. The van der Waals surface area contributed by atoms with Crippen molar-refractivity contribution in [3.05, 3.63) is 57.8 Å². The summed E-state index contributed by atoms with van der Waals surface area (Å²) in [5, 5.41) is 11.0. The number of hydrogen-bond acceptors (Lipinski definition) is 3. The smallest absolute Gasteiger partial charge is 0.191 e. The van der Waals surface area contributed by atoms with E-state index in [-0.39, 0.29) is 24.0 Å². The van der Waals surface area contributed by atoms with Gasteiger partial charge in [-0.1, -0.05) is 38.1 Å². The lowest BCUT2D eigenvalue weighted by atomic mass is 10.1. The van der Waals surface area contributed by atoms with Gasteiger partial charge in [0.1, 0.15) is 0 Å². The van der Waals surface area contributed by atoms with Gasteiger partial charge in [0.15, 0.2) is 5.96 Å². The van der Waals surface area contributed by atoms with Crippen molar-refractivity contribution in [2.24, 2.45) is 4.99 Å². The lowest BCUT2D eigenvalue weighted by Gasteiger charge is -2.20. The number of nitrogens with one attached hydrogen (secondary N) is 2. The molecule has 144 valence electrons. The second-order valence-corrected chi connectivity index (χ2v) is 6.69. The molecule has 0 spiro atoms. The summed E-state index contributed by atoms with van der Waals surface area (Å²) in [5.41, 5.74) is 3.96. The third-order valence-corrected chi connectivity index (χ3v) is 4.93. The highest BCUT2D eigenvalue weighted by atomic mass is 127. The van der Waals surface area contributed by atoms with Crippen LogP contribution >= 0.6 is 35.3 Å². The summed E-state index contributed by atoms with van der Waals surface area (Å²) >= 11 is 1.71. The maximum Gasteiger partial charge on any atom is 0.191 e. The van der Waals surface area contributed by atoms with Crippen molar-refractivity contribution in [3.8, 4) is 0 Å². The van der Waals surface area contributed by atoms with Gasteiger partial charge in [-0.3, -0.25) is 4.90 Å². The van der Waals surface area contributed by atoms with Crippen LogP contribution < -0.4 is 10.6 Å². The molecule has 0 amide bonds. The van der Waals surface area contributed by atoms with Gasteiger partial charge in [0, 0.05) is 19.6 Å². The monoisotopic (exact) mass is 486 g/mol. The summed E-state index contributed by atoms with van der Waals surface area (Å²) in [4.78, 5) is 7.12. The van der Waals surface area contributed by atoms with E-state index in [0.29, 0.717) is 6.54 Å². The van der Waals surface area contributed by atoms with Crippen molar-refractivity contribution in [2.75, 3.05) is 19.6 Å². The van der Waals surface area contributed by atoms with E-state index in [2.05, 4.69) is 82.4 Å². The normalized spacial score (nSPS) is 11.3. The van der Waals surface area contributed by atoms with Crippen LogP contribution in [-0.4, -0.2) is 30.5 Å². The molecule has 0 aliphatic rings. The fourth-order valence-corrected chi connectivity index (χ4v) is 3.31. The molecule has 2 aromatic rings. The van der Waals surface area contributed by atoms with Gasteiger partial charge in [-0.05, 0) is 53.5 Å². The number of benzene rings is 1. The molecule has 2 N–H and O–H groups in total. The molecular formula is C20H31IN4S. The van der Waals surface area contributed by atoms with Crippen molar-refractivity contribution < 1.29 is 0 Å². The van der Waals surface area contributed by atoms with E-state index in [1.807, 2.05) is 0 Å². The number of thiophene rings is 1. The van der Waals surface area contributed by atoms with E-state index < -0.39 is 0 Å². The Morgan fingerprint density at radius 1 is 1.04 bits per heavy atom. The highest BCUT2D eigenvalue weighted by molar-refractivity contribution is 14.0. The van der Waals surface area contributed by atoms with Crippen LogP contribution in [0.3, 0.4) is 0 Å². The minimum atomic E-state index is 0. The van der Waals surface area contributed by atoms with E-state index in [9.17, 15) is 0 Å². The number of guanidine groups is 1. The molecule has 0 radical (unpaired) electrons. The van der Waals surface area contributed by atoms with Gasteiger partial charge < -0.3 is 10.6 Å². The van der Waals surface area contributed by atoms with Crippen LogP contribution in [0.25, 0.3) is 0 Å². The van der Waals surface area contributed by atoms with Crippen molar-refractivity contribution >= 4 is 41.3 Å². The molecule has 1 aromatic heterocycles. The fraction of sp³-hybridized carbons (Fsp3) is 0.450. The Morgan fingerprint density at radius 2 is 1.77 bits per heavy atom. The number of hydrogen-bond donors (Lipinski definition) is 2. The molecular weight excluding hydrogens is 455 g/mol. The Bertz CT molecular complexity index is 639. The molecule has 0 fully saturated rings. The van der Waals surface area contributed by atoms with Gasteiger partial charge in [0.05, 0.1) is 6.54 Å². The maximum atomic E-state index is 4.68. The highest BCUT2D eigenvalue weighted by Crippen LogP contribution is 2.12. The Hall–Kier alpha value is -1.12. The zero-order chi connectivity index (χ0) is 17.9. The Labute approximate surface area is 179 Å². The van der Waals surface area contributed by atoms with Crippen molar-refractivity contribution in [3.63, 3.8) is 0 Å². The summed E-state index contributed by atoms with van der Waals surface area (Å²) in [6.07, 6.45) is 0. The number of rotatable bonds is 9. The standard InChI is InChI=1S/C20H30N4S.HI/c1-4-21-20(22-13-17-11-12-25-16-17)23-14-18-9-7-8-10-19(18)15-24(5-2)6-3;/h7-12,16H,4-6,13-15H2,1-3H3,(H2,21,22,23);1H. The van der Waals surface area contributed by atoms with E-state index >= 15 is 0 Å². The Morgan fingerprint density at radius 3 is 2.38 bits per heavy atom. The molecule has 0 atom stereocenters. The number of halogens is 1. The highest BCUT2D eigenvalue weighted by Gasteiger charge is 2.07. The molecule has 2 rings (SSSR count). The molecule has 0 aliphatic carbocycles. The molecule has 1 aromatic carbocycles. The van der Waals surface area contributed by atoms with Gasteiger partial charge in [0.2, 0.25) is 0 Å². The van der Waals surface area contributed by atoms with Crippen LogP contribution in [0.4, 0.5) is 0 Å². The zero-order valence-electron chi connectivity index (χ0n) is 16.0. The van der Waals surface area contributed by atoms with E-state index in [0.717, 1.165) is 38.7 Å². The third kappa shape index (κ3) is 7.63. The molecule has 0 saturated heterocycles. The molecule has 0 aliphatic heterocycles. The van der Waals surface area contributed by atoms with Crippen LogP contribution in [-0.2, 0) is 19.6 Å². The second kappa shape index (κ2) is 13.1. The predicted molar refractivity (Wildman–Crippen MR) is 124 cm³/mol. The first-order valence-corrected chi connectivity index (χ1v) is 10.0. The fourth-order valence-electron chi connectivity index (χ4n) is 2.65. The average molecular weight is 486 g/mol. The summed E-state index contributed by atoms with van der Waals surface area (Å²) < 4.78 is 0. The first-order valence-electron chi connectivity index (χ1n) is 9.09. The van der Waals surface area contributed by atoms with Crippen LogP contribution in [0.1, 0.15) is 37.5 Å². The van der Waals surface area contributed by atoms with Crippen LogP contribution in [0.15, 0.2) is 46.1 Å². The first kappa shape index (κ1) is 22.9. The first-order chi connectivity index (χ1) is 12.3. The van der Waals surface area contributed by atoms with Crippen molar-refractivity contribution in [1.29, 1.82) is 0 Å². The van der Waals surface area contributed by atoms with Gasteiger partial charge in [-0.15, -0.1) is 24.0 Å². The summed E-state index contributed by atoms with van der Waals surface area (Å²) in [7, 11) is 0. The number of nitrogens with zero attached hydrogens (tertiary/aromatic N) is 2. The summed E-state index contributed by atoms with van der Waals surface area (Å²) in [5.74, 6) is 0.867. The molecule has 1 heterocycles. The van der Waals surface area contributed by atoms with Crippen molar-refractivity contribution in [2.45, 2.75) is 40.4 Å². The lowest BCUT2D eigenvalue weighted by Crippen LogP contribution is -2.37. The van der Waals surface area contributed by atoms with E-state index in [1.54, 1.807) is 11.3 Å². The van der Waals surface area contributed by atoms with Gasteiger partial charge in [-0.2, -0.15) is 11.3 Å². The SMILES string of the molecule is CCNC(=NCc1ccsc1)NCc1ccccc1CN(CC)CC.I. The van der Waals surface area contributed by atoms with Gasteiger partial charge in [0.25, 0.3) is 0 Å². The molecule has 6 heteroatoms. The quantitative estimate of drug-likeness (QED) is 0.312. The predicted octanol–water partition coefficient (Wildman–Crippen LogP) is 4.46. The number of aliphatic imine (C=N–C) groups is 1. The van der Waals surface area contributed by atoms with Gasteiger partial charge in [-0.25, -0.2) is 4.99 Å². The molecule has 0 saturated carbocycles. The van der Waals surface area contributed by atoms with Crippen LogP contribution in [0.5, 0.6) is 0 Å². The Balaban J connectivity index is 0.00000338. The van der Waals surface area contributed by atoms with Crippen LogP contribution in [0, 0.1) is 0 Å². The summed E-state index contributed by atoms with van der Waals surface area (Å²) in [6.45, 7) is 12.0. The van der Waals surface area contributed by atoms with Crippen LogP contribution in [0.2, 0.25) is 0 Å². The van der Waals surface area contributed by atoms with Gasteiger partial charge >= 0.3 is 0 Å². The van der Waals surface area contributed by atoms with Crippen molar-refractivity contribution in [1.82, 2.24) is 15.5 Å². The zero-order valence-corrected chi connectivity index (χ0v) is 19.1. The van der Waals surface area contributed by atoms with E-state index in [1.165, 1.54) is 16.7 Å². The third-order valence-electron chi connectivity index (χ3n) is 4.20. The molecule has 0 bridgehead atoms. The molecule has 26 heavy (non-hydrogen) atoms. The molecule has 4 nitrogen and oxygen atoms in total. The topological polar surface area (TPSA) is 39.7 Å². The minimum absolute atomic E-state index is 0. The largest absolute Gasteiger partial charge is 0.357 e.